The van der Waals surface area contributed by atoms with Crippen LogP contribution in [0.4, 0.5) is 0 Å². The van der Waals surface area contributed by atoms with Crippen molar-refractivity contribution in [3.8, 4) is 0 Å². The van der Waals surface area contributed by atoms with Crippen LogP contribution < -0.4 is 0 Å². The summed E-state index contributed by atoms with van der Waals surface area (Å²) in [5.74, 6) is 0.111. The first-order chi connectivity index (χ1) is 8.15. The van der Waals surface area contributed by atoms with Gasteiger partial charge in [-0.1, -0.05) is 18.2 Å². The zero-order valence-corrected chi connectivity index (χ0v) is 11.6. The molecule has 1 aromatic heterocycles. The number of ketones is 1. The van der Waals surface area contributed by atoms with E-state index in [1.165, 1.54) is 0 Å². The largest absolute Gasteiger partial charge is 0.294 e. The summed E-state index contributed by atoms with van der Waals surface area (Å²) in [6, 6.07) is 11.5. The number of carbonyl (C=O) groups excluding carboxylic acids is 1. The summed E-state index contributed by atoms with van der Waals surface area (Å²) >= 11 is 2.21. The third kappa shape index (κ3) is 3.36. The molecule has 0 aliphatic carbocycles. The van der Waals surface area contributed by atoms with Crippen LogP contribution in [0.5, 0.6) is 0 Å². The van der Waals surface area contributed by atoms with E-state index >= 15 is 0 Å². The number of aromatic nitrogens is 1. The number of rotatable bonds is 3. The molecule has 0 N–H and O–H groups in total. The summed E-state index contributed by atoms with van der Waals surface area (Å²) in [6.45, 7) is 1.98. The average Bonchev–Trinajstić information content (AvgIpc) is 2.32. The standard InChI is InChI=1S/C14H12INO/c1-10-5-6-13(16-9-10)8-14(17)11-3-2-4-12(15)7-11/h2-7,9H,8H2,1H3. The van der Waals surface area contributed by atoms with Crippen LogP contribution in [0.25, 0.3) is 0 Å². The number of hydrogen-bond acceptors (Lipinski definition) is 2. The lowest BCUT2D eigenvalue weighted by atomic mass is 10.1. The van der Waals surface area contributed by atoms with Crippen LogP contribution in [0, 0.1) is 10.5 Å². The lowest BCUT2D eigenvalue weighted by Gasteiger charge is -2.02. The molecule has 0 amide bonds. The second-order valence-electron chi connectivity index (χ2n) is 3.94. The van der Waals surface area contributed by atoms with Crippen molar-refractivity contribution in [3.05, 3.63) is 63.0 Å². The van der Waals surface area contributed by atoms with Gasteiger partial charge >= 0.3 is 0 Å². The number of hydrogen-bond donors (Lipinski definition) is 0. The molecule has 86 valence electrons. The van der Waals surface area contributed by atoms with E-state index in [0.717, 1.165) is 20.4 Å². The molecule has 0 saturated carbocycles. The number of benzene rings is 1. The molecule has 0 radical (unpaired) electrons. The molecule has 0 aliphatic heterocycles. The summed E-state index contributed by atoms with van der Waals surface area (Å²) in [5.41, 5.74) is 2.68. The first-order valence-electron chi connectivity index (χ1n) is 5.35. The Hall–Kier alpha value is -1.23. The SMILES string of the molecule is Cc1ccc(CC(=O)c2cccc(I)c2)nc1. The minimum absolute atomic E-state index is 0.111. The monoisotopic (exact) mass is 337 g/mol. The van der Waals surface area contributed by atoms with Gasteiger partial charge in [0, 0.05) is 21.0 Å². The second-order valence-corrected chi connectivity index (χ2v) is 5.18. The van der Waals surface area contributed by atoms with E-state index in [1.807, 2.05) is 43.3 Å². The Balaban J connectivity index is 2.14. The first kappa shape index (κ1) is 12.2. The van der Waals surface area contributed by atoms with Crippen molar-refractivity contribution in [1.82, 2.24) is 4.98 Å². The zero-order valence-electron chi connectivity index (χ0n) is 9.48. The Kier molecular flexibility index (Phi) is 3.89. The molecule has 2 nitrogen and oxygen atoms in total. The number of nitrogens with zero attached hydrogens (tertiary/aromatic N) is 1. The molecule has 2 rings (SSSR count). The van der Waals surface area contributed by atoms with Crippen molar-refractivity contribution in [2.24, 2.45) is 0 Å². The Morgan fingerprint density at radius 3 is 2.76 bits per heavy atom. The van der Waals surface area contributed by atoms with Crippen LogP contribution >= 0.6 is 22.6 Å². The summed E-state index contributed by atoms with van der Waals surface area (Å²) in [5, 5.41) is 0. The maximum Gasteiger partial charge on any atom is 0.168 e. The number of carbonyl (C=O) groups is 1. The predicted molar refractivity (Wildman–Crippen MR) is 76.2 cm³/mol. The van der Waals surface area contributed by atoms with Gasteiger partial charge in [0.25, 0.3) is 0 Å². The molecule has 0 bridgehead atoms. The van der Waals surface area contributed by atoms with E-state index in [1.54, 1.807) is 6.20 Å². The fourth-order valence-electron chi connectivity index (χ4n) is 1.53. The quantitative estimate of drug-likeness (QED) is 0.635. The lowest BCUT2D eigenvalue weighted by Crippen LogP contribution is -2.05. The van der Waals surface area contributed by atoms with Gasteiger partial charge in [-0.05, 0) is 53.3 Å². The molecule has 0 fully saturated rings. The van der Waals surface area contributed by atoms with Crippen LogP contribution in [-0.2, 0) is 6.42 Å². The van der Waals surface area contributed by atoms with E-state index < -0.39 is 0 Å². The number of Topliss-reactive ketones (excluding diaryl/α,β-unsaturated/α-hetero) is 1. The summed E-state index contributed by atoms with van der Waals surface area (Å²) in [7, 11) is 0. The number of aryl methyl sites for hydroxylation is 1. The van der Waals surface area contributed by atoms with Crippen molar-refractivity contribution in [2.75, 3.05) is 0 Å². The van der Waals surface area contributed by atoms with Crippen LogP contribution in [-0.4, -0.2) is 10.8 Å². The smallest absolute Gasteiger partial charge is 0.168 e. The Morgan fingerprint density at radius 1 is 1.29 bits per heavy atom. The van der Waals surface area contributed by atoms with E-state index in [-0.39, 0.29) is 5.78 Å². The van der Waals surface area contributed by atoms with Crippen LogP contribution in [0.15, 0.2) is 42.6 Å². The van der Waals surface area contributed by atoms with Crippen LogP contribution in [0.3, 0.4) is 0 Å². The highest BCUT2D eigenvalue weighted by molar-refractivity contribution is 14.1. The van der Waals surface area contributed by atoms with Crippen molar-refractivity contribution in [3.63, 3.8) is 0 Å². The minimum Gasteiger partial charge on any atom is -0.294 e. The second kappa shape index (κ2) is 5.40. The number of halogens is 1. The van der Waals surface area contributed by atoms with E-state index in [2.05, 4.69) is 27.6 Å². The van der Waals surface area contributed by atoms with Crippen molar-refractivity contribution in [2.45, 2.75) is 13.3 Å². The summed E-state index contributed by atoms with van der Waals surface area (Å²) < 4.78 is 1.07. The van der Waals surface area contributed by atoms with Gasteiger partial charge in [0.1, 0.15) is 0 Å². The molecule has 17 heavy (non-hydrogen) atoms. The van der Waals surface area contributed by atoms with Crippen molar-refractivity contribution < 1.29 is 4.79 Å². The van der Waals surface area contributed by atoms with Gasteiger partial charge in [-0.25, -0.2) is 0 Å². The fraction of sp³-hybridized carbons (Fsp3) is 0.143. The summed E-state index contributed by atoms with van der Waals surface area (Å²) in [6.07, 6.45) is 2.15. The first-order valence-corrected chi connectivity index (χ1v) is 6.43. The minimum atomic E-state index is 0.111. The van der Waals surface area contributed by atoms with Crippen LogP contribution in [0.2, 0.25) is 0 Å². The van der Waals surface area contributed by atoms with E-state index in [4.69, 9.17) is 0 Å². The maximum atomic E-state index is 12.0. The molecule has 3 heteroatoms. The molecule has 0 spiro atoms. The lowest BCUT2D eigenvalue weighted by molar-refractivity contribution is 0.0992. The van der Waals surface area contributed by atoms with Gasteiger partial charge in [-0.2, -0.15) is 0 Å². The van der Waals surface area contributed by atoms with Gasteiger partial charge in [-0.15, -0.1) is 0 Å². The fourth-order valence-corrected chi connectivity index (χ4v) is 2.07. The maximum absolute atomic E-state index is 12.0. The molecule has 0 aliphatic rings. The molecule has 0 unspecified atom stereocenters. The predicted octanol–water partition coefficient (Wildman–Crippen LogP) is 3.42. The Bertz CT molecular complexity index is 534. The average molecular weight is 337 g/mol. The molecule has 0 saturated heterocycles. The molecule has 2 aromatic rings. The van der Waals surface area contributed by atoms with Crippen molar-refractivity contribution in [1.29, 1.82) is 0 Å². The van der Waals surface area contributed by atoms with Crippen LogP contribution in [0.1, 0.15) is 21.6 Å². The Morgan fingerprint density at radius 2 is 2.12 bits per heavy atom. The molecule has 1 aromatic carbocycles. The van der Waals surface area contributed by atoms with Gasteiger partial charge in [0.05, 0.1) is 6.42 Å². The van der Waals surface area contributed by atoms with E-state index in [9.17, 15) is 4.79 Å². The van der Waals surface area contributed by atoms with Gasteiger partial charge in [-0.3, -0.25) is 9.78 Å². The highest BCUT2D eigenvalue weighted by Gasteiger charge is 2.07. The van der Waals surface area contributed by atoms with Gasteiger partial charge in [0.15, 0.2) is 5.78 Å². The molecular weight excluding hydrogens is 325 g/mol. The third-order valence-electron chi connectivity index (χ3n) is 2.46. The normalized spacial score (nSPS) is 10.2. The number of pyridine rings is 1. The topological polar surface area (TPSA) is 30.0 Å². The summed E-state index contributed by atoms with van der Waals surface area (Å²) in [4.78, 5) is 16.3. The highest BCUT2D eigenvalue weighted by atomic mass is 127. The molecular formula is C14H12INO. The van der Waals surface area contributed by atoms with Crippen molar-refractivity contribution >= 4 is 28.4 Å². The highest BCUT2D eigenvalue weighted by Crippen LogP contribution is 2.10. The zero-order chi connectivity index (χ0) is 12.3. The van der Waals surface area contributed by atoms with Gasteiger partial charge < -0.3 is 0 Å². The third-order valence-corrected chi connectivity index (χ3v) is 3.13. The van der Waals surface area contributed by atoms with Gasteiger partial charge in [0.2, 0.25) is 0 Å². The Labute approximate surface area is 114 Å². The van der Waals surface area contributed by atoms with E-state index in [0.29, 0.717) is 6.42 Å². The molecule has 0 atom stereocenters. The molecule has 1 heterocycles.